The summed E-state index contributed by atoms with van der Waals surface area (Å²) in [6.07, 6.45) is 5.30. The van der Waals surface area contributed by atoms with E-state index in [4.69, 9.17) is 48.0 Å². The molecule has 0 saturated carbocycles. The average Bonchev–Trinajstić information content (AvgIpc) is 3.37. The van der Waals surface area contributed by atoms with Crippen molar-refractivity contribution in [3.8, 4) is 0 Å². The number of ether oxygens (including phenoxy) is 2. The van der Waals surface area contributed by atoms with Crippen molar-refractivity contribution in [1.29, 1.82) is 0 Å². The summed E-state index contributed by atoms with van der Waals surface area (Å²) in [6, 6.07) is 15.6. The van der Waals surface area contributed by atoms with E-state index in [-0.39, 0.29) is 6.10 Å². The monoisotopic (exact) mass is 483 g/mol. The number of aromatic nitrogens is 2. The number of rotatable bonds is 6. The summed E-state index contributed by atoms with van der Waals surface area (Å²) in [5.74, 6) is -0.175. The minimum atomic E-state index is -1.50. The maximum atomic E-state index is 8.36. The van der Waals surface area contributed by atoms with Gasteiger partial charge in [0.05, 0.1) is 30.6 Å². The average molecular weight is 484 g/mol. The molecule has 0 radical (unpaired) electrons. The van der Waals surface area contributed by atoms with Crippen LogP contribution in [0.25, 0.3) is 0 Å². The van der Waals surface area contributed by atoms with Crippen molar-refractivity contribution < 1.29 is 19.8 Å². The molecular formula is C20H19Cl2N3O5S. The van der Waals surface area contributed by atoms with Crippen molar-refractivity contribution in [2.75, 3.05) is 12.4 Å². The number of halogens is 2. The van der Waals surface area contributed by atoms with Gasteiger partial charge in [0.15, 0.2) is 0 Å². The lowest BCUT2D eigenvalue weighted by molar-refractivity contribution is -0.742. The molecule has 1 aromatic heterocycles. The molecular weight excluding hydrogens is 465 g/mol. The van der Waals surface area contributed by atoms with E-state index in [2.05, 4.69) is 17.1 Å². The molecule has 2 heterocycles. The summed E-state index contributed by atoms with van der Waals surface area (Å²) in [7, 11) is 0. The fraction of sp³-hybridized carbons (Fsp3) is 0.250. The first-order valence-electron chi connectivity index (χ1n) is 9.12. The molecule has 2 atom stereocenters. The third-order valence-electron chi connectivity index (χ3n) is 4.33. The minimum absolute atomic E-state index is 0.0505. The number of hydrogen-bond acceptors (Lipinski definition) is 6. The number of thioether (sulfide) groups is 1. The quantitative estimate of drug-likeness (QED) is 0.302. The van der Waals surface area contributed by atoms with Gasteiger partial charge in [0.1, 0.15) is 0 Å². The second-order valence-electron chi connectivity index (χ2n) is 6.52. The van der Waals surface area contributed by atoms with Crippen molar-refractivity contribution in [3.63, 3.8) is 0 Å². The summed E-state index contributed by atoms with van der Waals surface area (Å²) in [5, 5.41) is 14.7. The van der Waals surface area contributed by atoms with Crippen LogP contribution in [0.4, 0.5) is 0 Å². The molecule has 31 heavy (non-hydrogen) atoms. The third kappa shape index (κ3) is 6.59. The van der Waals surface area contributed by atoms with E-state index in [1.54, 1.807) is 36.4 Å². The summed E-state index contributed by atoms with van der Waals surface area (Å²) in [6.45, 7) is 0.953. The molecule has 1 fully saturated rings. The summed E-state index contributed by atoms with van der Waals surface area (Å²) < 4.78 is 14.6. The Balaban J connectivity index is 0.000000628. The first-order chi connectivity index (χ1) is 14.9. The van der Waals surface area contributed by atoms with Gasteiger partial charge in [0.2, 0.25) is 5.79 Å². The molecule has 11 heteroatoms. The smallest absolute Gasteiger partial charge is 0.291 e. The van der Waals surface area contributed by atoms with E-state index in [1.807, 2.05) is 35.0 Å². The highest BCUT2D eigenvalue weighted by Crippen LogP contribution is 2.41. The Labute approximate surface area is 192 Å². The molecule has 0 aliphatic carbocycles. The van der Waals surface area contributed by atoms with Crippen molar-refractivity contribution in [1.82, 2.24) is 9.55 Å². The largest absolute Gasteiger partial charge is 0.342 e. The zero-order chi connectivity index (χ0) is 22.3. The lowest BCUT2D eigenvalue weighted by Gasteiger charge is -2.30. The van der Waals surface area contributed by atoms with Crippen LogP contribution in [0.5, 0.6) is 0 Å². The van der Waals surface area contributed by atoms with Gasteiger partial charge in [0.25, 0.3) is 5.09 Å². The molecule has 1 aliphatic heterocycles. The van der Waals surface area contributed by atoms with Gasteiger partial charge >= 0.3 is 0 Å². The van der Waals surface area contributed by atoms with E-state index >= 15 is 0 Å². The fourth-order valence-electron chi connectivity index (χ4n) is 3.08. The highest BCUT2D eigenvalue weighted by Gasteiger charge is 2.45. The first kappa shape index (κ1) is 23.4. The van der Waals surface area contributed by atoms with Crippen LogP contribution in [0.1, 0.15) is 5.56 Å². The highest BCUT2D eigenvalue weighted by atomic mass is 35.5. The SMILES string of the molecule is Clc1ccc(C2(Cn3ccnc3)OCC(CSc3ccccc3)O2)c(Cl)c1.O=[N+]([O-])O. The maximum absolute atomic E-state index is 8.36. The molecule has 3 aromatic rings. The molecule has 4 rings (SSSR count). The van der Waals surface area contributed by atoms with Gasteiger partial charge in [-0.1, -0.05) is 47.5 Å². The normalized spacial score (nSPS) is 20.1. The van der Waals surface area contributed by atoms with Gasteiger partial charge in [-0.2, -0.15) is 0 Å². The first-order valence-corrected chi connectivity index (χ1v) is 10.9. The lowest BCUT2D eigenvalue weighted by Crippen LogP contribution is -2.34. The van der Waals surface area contributed by atoms with Gasteiger partial charge in [-0.25, -0.2) is 4.98 Å². The molecule has 164 valence electrons. The van der Waals surface area contributed by atoms with Crippen LogP contribution in [0.2, 0.25) is 10.0 Å². The zero-order valence-corrected chi connectivity index (χ0v) is 18.5. The van der Waals surface area contributed by atoms with Gasteiger partial charge in [-0.15, -0.1) is 21.9 Å². The van der Waals surface area contributed by atoms with Crippen LogP contribution in [0.15, 0.2) is 72.1 Å². The fourth-order valence-corrected chi connectivity index (χ4v) is 4.53. The Bertz CT molecular complexity index is 990. The Kier molecular flexibility index (Phi) is 8.16. The van der Waals surface area contributed by atoms with Crippen LogP contribution < -0.4 is 0 Å². The van der Waals surface area contributed by atoms with Crippen LogP contribution in [0, 0.1) is 10.1 Å². The summed E-state index contributed by atoms with van der Waals surface area (Å²) >= 11 is 14.3. The molecule has 1 saturated heterocycles. The van der Waals surface area contributed by atoms with Gasteiger partial charge in [-0.3, -0.25) is 0 Å². The molecule has 2 aromatic carbocycles. The molecule has 0 amide bonds. The van der Waals surface area contributed by atoms with Crippen LogP contribution in [0.3, 0.4) is 0 Å². The Morgan fingerprint density at radius 1 is 1.29 bits per heavy atom. The highest BCUT2D eigenvalue weighted by molar-refractivity contribution is 7.99. The van der Waals surface area contributed by atoms with E-state index < -0.39 is 10.9 Å². The third-order valence-corrected chi connectivity index (χ3v) is 6.02. The lowest BCUT2D eigenvalue weighted by atomic mass is 10.1. The Morgan fingerprint density at radius 2 is 2.03 bits per heavy atom. The van der Waals surface area contributed by atoms with Crippen LogP contribution in [-0.4, -0.2) is 38.3 Å². The molecule has 1 aliphatic rings. The second kappa shape index (κ2) is 10.8. The van der Waals surface area contributed by atoms with Crippen molar-refractivity contribution in [3.05, 3.63) is 93.0 Å². The molecule has 1 N–H and O–H groups in total. The van der Waals surface area contributed by atoms with Crippen molar-refractivity contribution >= 4 is 35.0 Å². The Morgan fingerprint density at radius 3 is 2.68 bits per heavy atom. The van der Waals surface area contributed by atoms with Gasteiger partial charge in [-0.05, 0) is 24.3 Å². The standard InChI is InChI=1S/C20H18Cl2N2O2S.HNO3/c21-15-6-7-18(19(22)10-15)20(13-24-9-8-23-14-24)25-11-16(26-20)12-27-17-4-2-1-3-5-17;2-1(3)4/h1-10,14,16H,11-13H2;(H,2,3,4). The van der Waals surface area contributed by atoms with Crippen molar-refractivity contribution in [2.45, 2.75) is 23.3 Å². The van der Waals surface area contributed by atoms with Gasteiger partial charge < -0.3 is 19.2 Å². The minimum Gasteiger partial charge on any atom is -0.342 e. The van der Waals surface area contributed by atoms with E-state index in [0.717, 1.165) is 11.3 Å². The second-order valence-corrected chi connectivity index (χ2v) is 8.46. The van der Waals surface area contributed by atoms with E-state index in [0.29, 0.717) is 23.2 Å². The number of nitrogens with zero attached hydrogens (tertiary/aromatic N) is 3. The topological polar surface area (TPSA) is 99.7 Å². The number of benzene rings is 2. The zero-order valence-electron chi connectivity index (χ0n) is 16.1. The van der Waals surface area contributed by atoms with Crippen LogP contribution >= 0.6 is 35.0 Å². The molecule has 0 bridgehead atoms. The Hall–Kier alpha value is -2.30. The predicted molar refractivity (Wildman–Crippen MR) is 117 cm³/mol. The molecule has 8 nitrogen and oxygen atoms in total. The van der Waals surface area contributed by atoms with Crippen LogP contribution in [-0.2, 0) is 21.8 Å². The van der Waals surface area contributed by atoms with Crippen molar-refractivity contribution in [2.24, 2.45) is 0 Å². The van der Waals surface area contributed by atoms with Gasteiger partial charge in [0, 0.05) is 33.6 Å². The predicted octanol–water partition coefficient (Wildman–Crippen LogP) is 4.90. The molecule has 2 unspecified atom stereocenters. The number of imidazole rings is 1. The summed E-state index contributed by atoms with van der Waals surface area (Å²) in [5.41, 5.74) is 0.773. The summed E-state index contributed by atoms with van der Waals surface area (Å²) in [4.78, 5) is 13.7. The molecule has 0 spiro atoms. The van der Waals surface area contributed by atoms with E-state index in [1.165, 1.54) is 4.90 Å². The maximum Gasteiger partial charge on any atom is 0.291 e. The number of hydrogen-bond donors (Lipinski definition) is 1. The van der Waals surface area contributed by atoms with E-state index in [9.17, 15) is 0 Å².